The predicted molar refractivity (Wildman–Crippen MR) is 143 cm³/mol. The minimum absolute atomic E-state index is 0.0939. The van der Waals surface area contributed by atoms with E-state index < -0.39 is 0 Å². The highest BCUT2D eigenvalue weighted by molar-refractivity contribution is 5.93. The Morgan fingerprint density at radius 1 is 0.946 bits per heavy atom. The molecule has 1 aliphatic heterocycles. The molecule has 190 valence electrons. The molecular weight excluding hydrogens is 468 g/mol. The van der Waals surface area contributed by atoms with Gasteiger partial charge in [-0.3, -0.25) is 14.7 Å². The minimum Gasteiger partial charge on any atom is -0.496 e. The monoisotopic (exact) mass is 498 g/mol. The van der Waals surface area contributed by atoms with Crippen molar-refractivity contribution >= 4 is 11.7 Å². The first kappa shape index (κ1) is 24.3. The number of carbonyl (C=O) groups is 1. The lowest BCUT2D eigenvalue weighted by atomic mass is 10.1. The number of hydrogen-bond donors (Lipinski definition) is 1. The van der Waals surface area contributed by atoms with Gasteiger partial charge in [-0.1, -0.05) is 18.2 Å². The maximum Gasteiger partial charge on any atom is 0.271 e. The number of aromatic nitrogens is 4. The fourth-order valence-corrected chi connectivity index (χ4v) is 4.56. The molecule has 0 saturated carbocycles. The number of aryl methyl sites for hydroxylation is 2. The Morgan fingerprint density at radius 2 is 1.78 bits per heavy atom. The first-order valence-electron chi connectivity index (χ1n) is 12.4. The lowest BCUT2D eigenvalue weighted by Gasteiger charge is -2.23. The number of nitrogens with zero attached hydrogens (tertiary/aromatic N) is 5. The summed E-state index contributed by atoms with van der Waals surface area (Å²) in [7, 11) is 1.61. The van der Waals surface area contributed by atoms with Crippen LogP contribution in [0.2, 0.25) is 0 Å². The molecule has 0 unspecified atom stereocenters. The van der Waals surface area contributed by atoms with E-state index in [1.54, 1.807) is 25.3 Å². The molecule has 1 N–H and O–H groups in total. The maximum absolute atomic E-state index is 13.3. The Morgan fingerprint density at radius 3 is 2.59 bits per heavy atom. The number of para-hydroxylation sites is 1. The Balaban J connectivity index is 1.31. The maximum atomic E-state index is 13.3. The van der Waals surface area contributed by atoms with Crippen LogP contribution in [-0.4, -0.2) is 64.1 Å². The van der Waals surface area contributed by atoms with Gasteiger partial charge in [-0.2, -0.15) is 9.78 Å². The van der Waals surface area contributed by atoms with E-state index in [0.29, 0.717) is 42.6 Å². The van der Waals surface area contributed by atoms with Crippen molar-refractivity contribution in [2.75, 3.05) is 38.2 Å². The number of hydrogen-bond acceptors (Lipinski definition) is 6. The molecule has 0 radical (unpaired) electrons. The fraction of sp³-hybridized carbons (Fsp3) is 0.286. The van der Waals surface area contributed by atoms with E-state index in [2.05, 4.69) is 20.2 Å². The zero-order valence-corrected chi connectivity index (χ0v) is 21.3. The van der Waals surface area contributed by atoms with E-state index in [1.165, 1.54) is 4.68 Å². The zero-order chi connectivity index (χ0) is 25.9. The van der Waals surface area contributed by atoms with Crippen molar-refractivity contribution in [3.05, 3.63) is 87.8 Å². The number of H-pyrrole nitrogens is 1. The molecule has 0 spiro atoms. The molecule has 9 heteroatoms. The van der Waals surface area contributed by atoms with Crippen molar-refractivity contribution in [3.63, 3.8) is 0 Å². The van der Waals surface area contributed by atoms with Gasteiger partial charge in [0.25, 0.3) is 11.5 Å². The van der Waals surface area contributed by atoms with Crippen molar-refractivity contribution < 1.29 is 9.53 Å². The molecule has 37 heavy (non-hydrogen) atoms. The molecule has 4 aromatic rings. The summed E-state index contributed by atoms with van der Waals surface area (Å²) in [6, 6.07) is 18.5. The average molecular weight is 499 g/mol. The molecule has 0 bridgehead atoms. The number of nitrogens with one attached hydrogen (secondary N) is 1. The third-order valence-electron chi connectivity index (χ3n) is 6.82. The smallest absolute Gasteiger partial charge is 0.271 e. The van der Waals surface area contributed by atoms with Crippen molar-refractivity contribution in [2.45, 2.75) is 20.3 Å². The summed E-state index contributed by atoms with van der Waals surface area (Å²) >= 11 is 0. The Kier molecular flexibility index (Phi) is 6.76. The molecule has 0 atom stereocenters. The summed E-state index contributed by atoms with van der Waals surface area (Å²) in [4.78, 5) is 29.8. The molecule has 1 saturated heterocycles. The summed E-state index contributed by atoms with van der Waals surface area (Å²) < 4.78 is 6.87. The summed E-state index contributed by atoms with van der Waals surface area (Å²) in [6.45, 7) is 6.56. The number of ether oxygens (including phenoxy) is 1. The molecular formula is C28H30N6O3. The number of anilines is 1. The van der Waals surface area contributed by atoms with Crippen molar-refractivity contribution in [1.82, 2.24) is 24.9 Å². The van der Waals surface area contributed by atoms with Crippen LogP contribution in [0.3, 0.4) is 0 Å². The number of amides is 1. The lowest BCUT2D eigenvalue weighted by Crippen LogP contribution is -2.36. The zero-order valence-electron chi connectivity index (χ0n) is 21.3. The normalized spacial score (nSPS) is 13.9. The quantitative estimate of drug-likeness (QED) is 0.452. The van der Waals surface area contributed by atoms with Crippen LogP contribution in [-0.2, 0) is 0 Å². The average Bonchev–Trinajstić information content (AvgIpc) is 3.28. The highest BCUT2D eigenvalue weighted by Crippen LogP contribution is 2.28. The largest absolute Gasteiger partial charge is 0.496 e. The van der Waals surface area contributed by atoms with E-state index in [4.69, 9.17) is 4.74 Å². The fourth-order valence-electron chi connectivity index (χ4n) is 4.56. The molecule has 0 aliphatic carbocycles. The Hall–Kier alpha value is -4.40. The van der Waals surface area contributed by atoms with Gasteiger partial charge in [0.2, 0.25) is 0 Å². The summed E-state index contributed by atoms with van der Waals surface area (Å²) in [5.41, 5.74) is 4.76. The number of aromatic amines is 1. The third-order valence-corrected chi connectivity index (χ3v) is 6.82. The minimum atomic E-state index is -0.177. The van der Waals surface area contributed by atoms with Gasteiger partial charge in [0.1, 0.15) is 17.3 Å². The van der Waals surface area contributed by atoms with Gasteiger partial charge in [-0.25, -0.2) is 0 Å². The number of rotatable bonds is 5. The van der Waals surface area contributed by atoms with Gasteiger partial charge >= 0.3 is 0 Å². The molecule has 2 aromatic carbocycles. The van der Waals surface area contributed by atoms with Crippen LogP contribution >= 0.6 is 0 Å². The first-order valence-corrected chi connectivity index (χ1v) is 12.4. The van der Waals surface area contributed by atoms with E-state index in [-0.39, 0.29) is 11.5 Å². The van der Waals surface area contributed by atoms with Gasteiger partial charge in [-0.05, 0) is 67.8 Å². The van der Waals surface area contributed by atoms with Crippen LogP contribution in [0.15, 0.2) is 65.5 Å². The van der Waals surface area contributed by atoms with Crippen LogP contribution in [0.1, 0.15) is 28.0 Å². The lowest BCUT2D eigenvalue weighted by molar-refractivity contribution is 0.0761. The Bertz CT molecular complexity index is 1490. The number of benzene rings is 2. The standard InChI is InChI=1S/C28H30N6O3/c1-19-9-10-21(17-20(19)2)34-27(35)12-11-26(31-34)32-13-6-14-33(16-15-32)28(36)24-18-23(29-30-24)22-7-4-5-8-25(22)37-3/h4-5,7-12,17-18H,6,13-16H2,1-3H3,(H,29,30). The summed E-state index contributed by atoms with van der Waals surface area (Å²) in [6.07, 6.45) is 0.781. The van der Waals surface area contributed by atoms with Gasteiger partial charge in [0, 0.05) is 37.8 Å². The second-order valence-corrected chi connectivity index (χ2v) is 9.21. The molecule has 1 fully saturated rings. The van der Waals surface area contributed by atoms with Crippen LogP contribution < -0.4 is 15.2 Å². The highest BCUT2D eigenvalue weighted by Gasteiger charge is 2.23. The third kappa shape index (κ3) is 4.97. The molecule has 9 nitrogen and oxygen atoms in total. The van der Waals surface area contributed by atoms with Crippen LogP contribution in [0, 0.1) is 13.8 Å². The Labute approximate surface area is 215 Å². The van der Waals surface area contributed by atoms with E-state index in [0.717, 1.165) is 35.3 Å². The highest BCUT2D eigenvalue weighted by atomic mass is 16.5. The van der Waals surface area contributed by atoms with Gasteiger partial charge in [0.15, 0.2) is 0 Å². The molecule has 1 aliphatic rings. The molecule has 3 heterocycles. The summed E-state index contributed by atoms with van der Waals surface area (Å²) in [5.74, 6) is 1.32. The van der Waals surface area contributed by atoms with Gasteiger partial charge in [0.05, 0.1) is 18.5 Å². The molecule has 5 rings (SSSR count). The van der Waals surface area contributed by atoms with Crippen molar-refractivity contribution in [1.29, 1.82) is 0 Å². The topological polar surface area (TPSA) is 96.4 Å². The number of carbonyl (C=O) groups excluding carboxylic acids is 1. The SMILES string of the molecule is COc1ccccc1-c1cc(C(=O)N2CCCN(c3ccc(=O)n(-c4ccc(C)c(C)c4)n3)CC2)[nH]n1. The second kappa shape index (κ2) is 10.3. The van der Waals surface area contributed by atoms with Gasteiger partial charge in [-0.15, -0.1) is 5.10 Å². The first-order chi connectivity index (χ1) is 17.9. The molecule has 2 aromatic heterocycles. The van der Waals surface area contributed by atoms with E-state index in [1.807, 2.05) is 61.2 Å². The van der Waals surface area contributed by atoms with Crippen molar-refractivity contribution in [3.8, 4) is 22.7 Å². The van der Waals surface area contributed by atoms with Crippen LogP contribution in [0.4, 0.5) is 5.82 Å². The predicted octanol–water partition coefficient (Wildman–Crippen LogP) is 3.60. The van der Waals surface area contributed by atoms with Crippen LogP contribution in [0.25, 0.3) is 16.9 Å². The van der Waals surface area contributed by atoms with Crippen LogP contribution in [0.5, 0.6) is 5.75 Å². The summed E-state index contributed by atoms with van der Waals surface area (Å²) in [5, 5.41) is 11.9. The second-order valence-electron chi connectivity index (χ2n) is 9.21. The number of methoxy groups -OCH3 is 1. The van der Waals surface area contributed by atoms with E-state index >= 15 is 0 Å². The van der Waals surface area contributed by atoms with E-state index in [9.17, 15) is 9.59 Å². The molecule has 1 amide bonds. The van der Waals surface area contributed by atoms with Crippen molar-refractivity contribution in [2.24, 2.45) is 0 Å². The van der Waals surface area contributed by atoms with Gasteiger partial charge < -0.3 is 14.5 Å².